The Bertz CT molecular complexity index is 585. The highest BCUT2D eigenvalue weighted by Crippen LogP contribution is 2.43. The summed E-state index contributed by atoms with van der Waals surface area (Å²) in [6, 6.07) is -0.777. The van der Waals surface area contributed by atoms with Crippen LogP contribution in [0.5, 0.6) is 0 Å². The van der Waals surface area contributed by atoms with Gasteiger partial charge in [0.15, 0.2) is 5.54 Å². The van der Waals surface area contributed by atoms with Gasteiger partial charge in [-0.25, -0.2) is 4.79 Å². The molecule has 8 heteroatoms. The first kappa shape index (κ1) is 23.6. The van der Waals surface area contributed by atoms with Gasteiger partial charge in [-0.3, -0.25) is 9.59 Å². The molecule has 2 rings (SSSR count). The molecule has 0 aromatic carbocycles. The number of hydrogen-bond donors (Lipinski definition) is 3. The number of carboxylic acids is 1. The summed E-state index contributed by atoms with van der Waals surface area (Å²) in [5, 5.41) is 10.1. The van der Waals surface area contributed by atoms with Crippen molar-refractivity contribution in [2.24, 2.45) is 17.4 Å². The van der Waals surface area contributed by atoms with Crippen molar-refractivity contribution in [1.29, 1.82) is 0 Å². The molecule has 2 aliphatic rings. The van der Waals surface area contributed by atoms with E-state index in [0.29, 0.717) is 38.8 Å². The first-order valence-electron chi connectivity index (χ1n) is 11.1. The average Bonchev–Trinajstić information content (AvgIpc) is 3.29. The zero-order valence-corrected chi connectivity index (χ0v) is 17.6. The van der Waals surface area contributed by atoms with Crippen molar-refractivity contribution in [1.82, 2.24) is 4.90 Å². The van der Waals surface area contributed by atoms with E-state index in [0.717, 1.165) is 38.5 Å². The van der Waals surface area contributed by atoms with Crippen molar-refractivity contribution < 1.29 is 24.2 Å². The first-order valence-corrected chi connectivity index (χ1v) is 11.1. The molecule has 2 unspecified atom stereocenters. The molecular weight excluding hydrogens is 374 g/mol. The number of nitrogens with zero attached hydrogens (tertiary/aromatic N) is 1. The second-order valence-corrected chi connectivity index (χ2v) is 8.41. The molecular formula is C21H37N3O5. The third-order valence-electron chi connectivity index (χ3n) is 6.37. The van der Waals surface area contributed by atoms with E-state index in [1.54, 1.807) is 0 Å². The summed E-state index contributed by atoms with van der Waals surface area (Å²) in [7, 11) is 0. The van der Waals surface area contributed by atoms with Gasteiger partial charge in [0, 0.05) is 13.0 Å². The SMILES string of the molecule is CCCCCCC1CC([C@@]2(C(=O)O)CCCN2C(=O)[C@@H](N)CCCCN)C(=O)O1. The number of nitrogens with two attached hydrogens (primary N) is 2. The van der Waals surface area contributed by atoms with E-state index in [2.05, 4.69) is 6.92 Å². The van der Waals surface area contributed by atoms with Gasteiger partial charge in [-0.05, 0) is 45.1 Å². The second kappa shape index (κ2) is 10.9. The molecule has 0 spiro atoms. The first-order chi connectivity index (χ1) is 13.9. The van der Waals surface area contributed by atoms with Gasteiger partial charge in [0.25, 0.3) is 0 Å². The van der Waals surface area contributed by atoms with E-state index in [-0.39, 0.29) is 18.4 Å². The number of carboxylic acid groups (broad SMARTS) is 1. The molecule has 0 radical (unpaired) electrons. The van der Waals surface area contributed by atoms with Gasteiger partial charge in [0.05, 0.1) is 12.0 Å². The number of carbonyl (C=O) groups excluding carboxylic acids is 2. The molecule has 0 aromatic rings. The zero-order valence-electron chi connectivity index (χ0n) is 17.6. The number of cyclic esters (lactones) is 1. The maximum absolute atomic E-state index is 13.0. The van der Waals surface area contributed by atoms with Crippen LogP contribution < -0.4 is 11.5 Å². The normalized spacial score (nSPS) is 27.8. The zero-order chi connectivity index (χ0) is 21.4. The van der Waals surface area contributed by atoms with Crippen molar-refractivity contribution in [2.75, 3.05) is 13.1 Å². The van der Waals surface area contributed by atoms with Crippen LogP contribution in [0.15, 0.2) is 0 Å². The molecule has 4 atom stereocenters. The van der Waals surface area contributed by atoms with E-state index in [4.69, 9.17) is 16.2 Å². The van der Waals surface area contributed by atoms with Crippen LogP contribution in [0, 0.1) is 5.92 Å². The van der Waals surface area contributed by atoms with E-state index >= 15 is 0 Å². The molecule has 166 valence electrons. The summed E-state index contributed by atoms with van der Waals surface area (Å²) in [5.41, 5.74) is 10.0. The summed E-state index contributed by atoms with van der Waals surface area (Å²) < 4.78 is 5.52. The lowest BCUT2D eigenvalue weighted by Crippen LogP contribution is -2.61. The monoisotopic (exact) mass is 411 g/mol. The minimum atomic E-state index is -1.54. The Labute approximate surface area is 173 Å². The maximum Gasteiger partial charge on any atom is 0.330 e. The highest BCUT2D eigenvalue weighted by molar-refractivity contribution is 5.94. The fourth-order valence-electron chi connectivity index (χ4n) is 4.73. The lowest BCUT2D eigenvalue weighted by atomic mass is 9.78. The number of ether oxygens (including phenoxy) is 1. The van der Waals surface area contributed by atoms with Gasteiger partial charge in [0.1, 0.15) is 6.10 Å². The Morgan fingerprint density at radius 2 is 2.03 bits per heavy atom. The van der Waals surface area contributed by atoms with Crippen molar-refractivity contribution >= 4 is 17.8 Å². The average molecular weight is 412 g/mol. The topological polar surface area (TPSA) is 136 Å². The Balaban J connectivity index is 2.11. The largest absolute Gasteiger partial charge is 0.479 e. The van der Waals surface area contributed by atoms with E-state index < -0.39 is 29.4 Å². The molecule has 2 saturated heterocycles. The number of aliphatic carboxylic acids is 1. The van der Waals surface area contributed by atoms with Crippen LogP contribution in [-0.4, -0.2) is 58.6 Å². The van der Waals surface area contributed by atoms with E-state index in [9.17, 15) is 19.5 Å². The lowest BCUT2D eigenvalue weighted by Gasteiger charge is -2.38. The van der Waals surface area contributed by atoms with Crippen LogP contribution >= 0.6 is 0 Å². The van der Waals surface area contributed by atoms with Crippen LogP contribution in [0.3, 0.4) is 0 Å². The van der Waals surface area contributed by atoms with Crippen molar-refractivity contribution in [3.05, 3.63) is 0 Å². The molecule has 0 saturated carbocycles. The maximum atomic E-state index is 13.0. The molecule has 29 heavy (non-hydrogen) atoms. The third-order valence-corrected chi connectivity index (χ3v) is 6.37. The highest BCUT2D eigenvalue weighted by atomic mass is 16.6. The van der Waals surface area contributed by atoms with Gasteiger partial charge in [0.2, 0.25) is 5.91 Å². The van der Waals surface area contributed by atoms with Gasteiger partial charge >= 0.3 is 11.9 Å². The van der Waals surface area contributed by atoms with Crippen LogP contribution in [0.1, 0.15) is 77.6 Å². The van der Waals surface area contributed by atoms with E-state index in [1.165, 1.54) is 4.90 Å². The number of likely N-dealkylation sites (tertiary alicyclic amines) is 1. The smallest absolute Gasteiger partial charge is 0.330 e. The Morgan fingerprint density at radius 3 is 2.69 bits per heavy atom. The second-order valence-electron chi connectivity index (χ2n) is 8.41. The fourth-order valence-corrected chi connectivity index (χ4v) is 4.73. The van der Waals surface area contributed by atoms with Gasteiger partial charge in [-0.1, -0.05) is 32.6 Å². The number of unbranched alkanes of at least 4 members (excludes halogenated alkanes) is 4. The third kappa shape index (κ3) is 5.28. The summed E-state index contributed by atoms with van der Waals surface area (Å²) >= 11 is 0. The quantitative estimate of drug-likeness (QED) is 0.329. The molecule has 0 aromatic heterocycles. The minimum absolute atomic E-state index is 0.256. The summed E-state index contributed by atoms with van der Waals surface area (Å²) in [6.45, 7) is 2.96. The lowest BCUT2D eigenvalue weighted by molar-refractivity contribution is -0.166. The van der Waals surface area contributed by atoms with Gasteiger partial charge in [-0.2, -0.15) is 0 Å². The summed E-state index contributed by atoms with van der Waals surface area (Å²) in [4.78, 5) is 39.4. The van der Waals surface area contributed by atoms with Crippen LogP contribution in [0.2, 0.25) is 0 Å². The number of amides is 1. The highest BCUT2D eigenvalue weighted by Gasteiger charge is 2.61. The van der Waals surface area contributed by atoms with Gasteiger partial charge in [-0.15, -0.1) is 0 Å². The van der Waals surface area contributed by atoms with Crippen LogP contribution in [0.25, 0.3) is 0 Å². The van der Waals surface area contributed by atoms with Gasteiger partial charge < -0.3 is 26.2 Å². The fraction of sp³-hybridized carbons (Fsp3) is 0.857. The Kier molecular flexibility index (Phi) is 8.89. The molecule has 0 bridgehead atoms. The molecule has 2 heterocycles. The predicted octanol–water partition coefficient (Wildman–Crippen LogP) is 1.79. The number of esters is 1. The Morgan fingerprint density at radius 1 is 1.28 bits per heavy atom. The molecule has 2 aliphatic heterocycles. The number of rotatable bonds is 12. The molecule has 2 fully saturated rings. The summed E-state index contributed by atoms with van der Waals surface area (Å²) in [5.74, 6) is -2.85. The van der Waals surface area contributed by atoms with Crippen molar-refractivity contribution in [2.45, 2.75) is 95.2 Å². The molecule has 8 nitrogen and oxygen atoms in total. The van der Waals surface area contributed by atoms with E-state index in [1.807, 2.05) is 0 Å². The van der Waals surface area contributed by atoms with Crippen molar-refractivity contribution in [3.8, 4) is 0 Å². The molecule has 1 amide bonds. The van der Waals surface area contributed by atoms with Crippen LogP contribution in [0.4, 0.5) is 0 Å². The molecule has 5 N–H and O–H groups in total. The Hall–Kier alpha value is -1.67. The minimum Gasteiger partial charge on any atom is -0.479 e. The standard InChI is InChI=1S/C21H37N3O5/c1-2-3-4-5-9-15-14-16(19(26)29-15)21(20(27)28)11-8-13-24(21)18(25)17(23)10-6-7-12-22/h15-17H,2-14,22-23H2,1H3,(H,27,28)/t15?,16?,17-,21+/m0/s1. The number of carbonyl (C=O) groups is 3. The van der Waals surface area contributed by atoms with Crippen molar-refractivity contribution in [3.63, 3.8) is 0 Å². The van der Waals surface area contributed by atoms with Crippen LogP contribution in [-0.2, 0) is 19.1 Å². The summed E-state index contributed by atoms with van der Waals surface area (Å²) in [6.07, 6.45) is 7.83. The predicted molar refractivity (Wildman–Crippen MR) is 109 cm³/mol. The number of hydrogen-bond acceptors (Lipinski definition) is 6. The molecule has 0 aliphatic carbocycles.